The molecule has 0 amide bonds. The normalized spacial score (nSPS) is 10.8. The van der Waals surface area contributed by atoms with Crippen LogP contribution < -0.4 is 5.73 Å². The highest BCUT2D eigenvalue weighted by Gasteiger charge is 2.14. The van der Waals surface area contributed by atoms with Gasteiger partial charge in [0.05, 0.1) is 21.4 Å². The first-order chi connectivity index (χ1) is 10.1. The SMILES string of the molecule is Nc1cc(-c2nnnn2-c2ccc(Cl)cc2)cc(Cl)c1Cl. The number of hydrogen-bond acceptors (Lipinski definition) is 4. The van der Waals surface area contributed by atoms with E-state index in [1.54, 1.807) is 28.9 Å². The molecule has 3 aromatic rings. The van der Waals surface area contributed by atoms with Crippen LogP contribution in [-0.4, -0.2) is 20.2 Å². The Hall–Kier alpha value is -1.82. The lowest BCUT2D eigenvalue weighted by Crippen LogP contribution is -2.00. The molecule has 3 rings (SSSR count). The number of nitrogens with zero attached hydrogens (tertiary/aromatic N) is 4. The molecule has 0 atom stereocenters. The van der Waals surface area contributed by atoms with Crippen molar-refractivity contribution < 1.29 is 0 Å². The fourth-order valence-corrected chi connectivity index (χ4v) is 2.32. The summed E-state index contributed by atoms with van der Waals surface area (Å²) >= 11 is 17.9. The highest BCUT2D eigenvalue weighted by molar-refractivity contribution is 6.43. The number of nitrogens with two attached hydrogens (primary N) is 1. The average Bonchev–Trinajstić information content (AvgIpc) is 2.94. The van der Waals surface area contributed by atoms with Gasteiger partial charge in [0.25, 0.3) is 0 Å². The predicted molar refractivity (Wildman–Crippen MR) is 84.0 cm³/mol. The van der Waals surface area contributed by atoms with Crippen molar-refractivity contribution in [2.24, 2.45) is 0 Å². The Labute approximate surface area is 135 Å². The van der Waals surface area contributed by atoms with Crippen molar-refractivity contribution in [2.75, 3.05) is 5.73 Å². The summed E-state index contributed by atoms with van der Waals surface area (Å²) in [6.45, 7) is 0. The fourth-order valence-electron chi connectivity index (χ4n) is 1.86. The summed E-state index contributed by atoms with van der Waals surface area (Å²) in [6, 6.07) is 10.5. The molecular weight excluding hydrogens is 333 g/mol. The molecule has 0 unspecified atom stereocenters. The van der Waals surface area contributed by atoms with E-state index >= 15 is 0 Å². The average molecular weight is 341 g/mol. The molecule has 8 heteroatoms. The van der Waals surface area contributed by atoms with Crippen LogP contribution in [-0.2, 0) is 0 Å². The number of aromatic nitrogens is 4. The minimum absolute atomic E-state index is 0.311. The van der Waals surface area contributed by atoms with Crippen LogP contribution in [0.1, 0.15) is 0 Å². The fraction of sp³-hybridized carbons (Fsp3) is 0. The molecule has 0 saturated heterocycles. The second kappa shape index (κ2) is 5.52. The molecule has 106 valence electrons. The highest BCUT2D eigenvalue weighted by atomic mass is 35.5. The lowest BCUT2D eigenvalue weighted by molar-refractivity contribution is 0.791. The van der Waals surface area contributed by atoms with Gasteiger partial charge in [-0.25, -0.2) is 0 Å². The third kappa shape index (κ3) is 2.68. The van der Waals surface area contributed by atoms with Gasteiger partial charge in [0.2, 0.25) is 0 Å². The Morgan fingerprint density at radius 1 is 1.00 bits per heavy atom. The first-order valence-corrected chi connectivity index (χ1v) is 6.99. The molecule has 2 N–H and O–H groups in total. The van der Waals surface area contributed by atoms with E-state index < -0.39 is 0 Å². The van der Waals surface area contributed by atoms with Crippen molar-refractivity contribution in [3.8, 4) is 17.1 Å². The van der Waals surface area contributed by atoms with Gasteiger partial charge in [-0.05, 0) is 46.8 Å². The van der Waals surface area contributed by atoms with Crippen molar-refractivity contribution in [3.63, 3.8) is 0 Å². The van der Waals surface area contributed by atoms with Crippen LogP contribution in [0.4, 0.5) is 5.69 Å². The molecule has 0 bridgehead atoms. The van der Waals surface area contributed by atoms with E-state index in [2.05, 4.69) is 15.5 Å². The smallest absolute Gasteiger partial charge is 0.187 e. The Morgan fingerprint density at radius 2 is 1.71 bits per heavy atom. The van der Waals surface area contributed by atoms with Crippen LogP contribution in [0.15, 0.2) is 36.4 Å². The summed E-state index contributed by atoms with van der Waals surface area (Å²) in [5.74, 6) is 0.502. The molecule has 0 saturated carbocycles. The lowest BCUT2D eigenvalue weighted by Gasteiger charge is -2.07. The van der Waals surface area contributed by atoms with E-state index in [0.29, 0.717) is 32.1 Å². The molecule has 0 aliphatic rings. The van der Waals surface area contributed by atoms with E-state index in [-0.39, 0.29) is 0 Å². The Morgan fingerprint density at radius 3 is 2.38 bits per heavy atom. The number of tetrazole rings is 1. The number of anilines is 1. The van der Waals surface area contributed by atoms with E-state index in [1.807, 2.05) is 12.1 Å². The first kappa shape index (κ1) is 14.1. The van der Waals surface area contributed by atoms with Gasteiger partial charge in [0, 0.05) is 10.6 Å². The molecule has 0 radical (unpaired) electrons. The highest BCUT2D eigenvalue weighted by Crippen LogP contribution is 2.33. The zero-order chi connectivity index (χ0) is 15.0. The van der Waals surface area contributed by atoms with Crippen molar-refractivity contribution >= 4 is 40.5 Å². The monoisotopic (exact) mass is 339 g/mol. The maximum atomic E-state index is 6.05. The van der Waals surface area contributed by atoms with Crippen LogP contribution >= 0.6 is 34.8 Å². The molecular formula is C13H8Cl3N5. The van der Waals surface area contributed by atoms with E-state index in [4.69, 9.17) is 40.5 Å². The molecule has 0 aliphatic heterocycles. The zero-order valence-corrected chi connectivity index (χ0v) is 12.7. The largest absolute Gasteiger partial charge is 0.397 e. The maximum Gasteiger partial charge on any atom is 0.187 e. The van der Waals surface area contributed by atoms with Crippen molar-refractivity contribution in [1.29, 1.82) is 0 Å². The summed E-state index contributed by atoms with van der Waals surface area (Å²) in [4.78, 5) is 0. The minimum Gasteiger partial charge on any atom is -0.397 e. The number of nitrogen functional groups attached to an aromatic ring is 1. The van der Waals surface area contributed by atoms with Gasteiger partial charge in [-0.2, -0.15) is 4.68 Å². The van der Waals surface area contributed by atoms with Gasteiger partial charge < -0.3 is 5.73 Å². The van der Waals surface area contributed by atoms with Crippen LogP contribution in [0, 0.1) is 0 Å². The van der Waals surface area contributed by atoms with Crippen molar-refractivity contribution in [1.82, 2.24) is 20.2 Å². The van der Waals surface area contributed by atoms with Crippen LogP contribution in [0.3, 0.4) is 0 Å². The third-order valence-electron chi connectivity index (χ3n) is 2.86. The summed E-state index contributed by atoms with van der Waals surface area (Å²) in [7, 11) is 0. The number of halogens is 3. The van der Waals surface area contributed by atoms with Crippen LogP contribution in [0.25, 0.3) is 17.1 Å². The minimum atomic E-state index is 0.311. The second-order valence-corrected chi connectivity index (χ2v) is 5.47. The topological polar surface area (TPSA) is 69.6 Å². The molecule has 1 aromatic heterocycles. The van der Waals surface area contributed by atoms with Crippen molar-refractivity contribution in [2.45, 2.75) is 0 Å². The molecule has 5 nitrogen and oxygen atoms in total. The van der Waals surface area contributed by atoms with Gasteiger partial charge in [-0.15, -0.1) is 5.10 Å². The van der Waals surface area contributed by atoms with Crippen LogP contribution in [0.5, 0.6) is 0 Å². The summed E-state index contributed by atoms with van der Waals surface area (Å²) in [6.07, 6.45) is 0. The standard InChI is InChI=1S/C13H8Cl3N5/c14-8-1-3-9(4-2-8)21-13(18-19-20-21)7-5-10(15)12(16)11(17)6-7/h1-6H,17H2. The third-order valence-corrected chi connectivity index (χ3v) is 3.92. The number of benzene rings is 2. The van der Waals surface area contributed by atoms with Crippen LogP contribution in [0.2, 0.25) is 15.1 Å². The summed E-state index contributed by atoms with van der Waals surface area (Å²) in [5.41, 5.74) is 7.63. The van der Waals surface area contributed by atoms with Gasteiger partial charge >= 0.3 is 0 Å². The summed E-state index contributed by atoms with van der Waals surface area (Å²) in [5, 5.41) is 13.0. The van der Waals surface area contributed by atoms with Gasteiger partial charge in [-0.1, -0.05) is 34.8 Å². The molecule has 21 heavy (non-hydrogen) atoms. The van der Waals surface area contributed by atoms with Crippen molar-refractivity contribution in [3.05, 3.63) is 51.5 Å². The lowest BCUT2D eigenvalue weighted by atomic mass is 10.2. The number of hydrogen-bond donors (Lipinski definition) is 1. The molecule has 1 heterocycles. The predicted octanol–water partition coefficient (Wildman–Crippen LogP) is 3.87. The first-order valence-electron chi connectivity index (χ1n) is 5.85. The van der Waals surface area contributed by atoms with Gasteiger partial charge in [0.1, 0.15) is 0 Å². The van der Waals surface area contributed by atoms with Gasteiger partial charge in [-0.3, -0.25) is 0 Å². The Kier molecular flexibility index (Phi) is 3.71. The zero-order valence-electron chi connectivity index (χ0n) is 10.5. The van der Waals surface area contributed by atoms with E-state index in [1.165, 1.54) is 0 Å². The Balaban J connectivity index is 2.13. The number of rotatable bonds is 2. The van der Waals surface area contributed by atoms with Gasteiger partial charge in [0.15, 0.2) is 5.82 Å². The molecule has 0 fully saturated rings. The maximum absolute atomic E-state index is 6.05. The van der Waals surface area contributed by atoms with E-state index in [0.717, 1.165) is 5.69 Å². The molecule has 0 spiro atoms. The Bertz CT molecular complexity index is 775. The summed E-state index contributed by atoms with van der Waals surface area (Å²) < 4.78 is 1.56. The second-order valence-electron chi connectivity index (χ2n) is 4.25. The quantitative estimate of drug-likeness (QED) is 0.719. The molecule has 0 aliphatic carbocycles. The molecule has 2 aromatic carbocycles. The van der Waals surface area contributed by atoms with E-state index in [9.17, 15) is 0 Å².